The molecule has 0 aromatic carbocycles. The molecule has 0 amide bonds. The fourth-order valence-electron chi connectivity index (χ4n) is 1.71. The van der Waals surface area contributed by atoms with Crippen molar-refractivity contribution in [2.75, 3.05) is 41.3 Å². The van der Waals surface area contributed by atoms with Crippen LogP contribution in [0.1, 0.15) is 65.2 Å². The van der Waals surface area contributed by atoms with Gasteiger partial charge in [-0.05, 0) is 54.1 Å². The summed E-state index contributed by atoms with van der Waals surface area (Å²) >= 11 is 0. The monoisotopic (exact) mass is 258 g/mol. The maximum Gasteiger partial charge on any atom is -0.00248 e. The lowest BCUT2D eigenvalue weighted by Gasteiger charge is -2.10. The van der Waals surface area contributed by atoms with E-state index in [-0.39, 0.29) is 0 Å². The van der Waals surface area contributed by atoms with Crippen LogP contribution >= 0.6 is 0 Å². The molecule has 0 rings (SSSR count). The smallest absolute Gasteiger partial charge is 0.00248 e. The summed E-state index contributed by atoms with van der Waals surface area (Å²) in [4.78, 5) is 4.51. The number of hydrogen-bond acceptors (Lipinski definition) is 2. The van der Waals surface area contributed by atoms with Gasteiger partial charge in [-0.15, -0.1) is 0 Å². The topological polar surface area (TPSA) is 6.48 Å². The highest BCUT2D eigenvalue weighted by Gasteiger charge is 1.93. The molecule has 2 heteroatoms. The Kier molecular flexibility index (Phi) is 19.0. The van der Waals surface area contributed by atoms with Gasteiger partial charge in [0.2, 0.25) is 0 Å². The van der Waals surface area contributed by atoms with Crippen LogP contribution in [0.4, 0.5) is 0 Å². The van der Waals surface area contributed by atoms with Crippen LogP contribution in [-0.2, 0) is 0 Å². The number of hydrogen-bond donors (Lipinski definition) is 0. The summed E-state index contributed by atoms with van der Waals surface area (Å²) in [6.45, 7) is 6.94. The molecule has 0 saturated carbocycles. The summed E-state index contributed by atoms with van der Waals surface area (Å²) in [7, 11) is 8.55. The lowest BCUT2D eigenvalue weighted by molar-refractivity contribution is 0.370. The minimum Gasteiger partial charge on any atom is -0.309 e. The third-order valence-electron chi connectivity index (χ3n) is 2.92. The molecule has 0 aliphatic heterocycles. The van der Waals surface area contributed by atoms with Crippen molar-refractivity contribution in [1.82, 2.24) is 9.80 Å². The van der Waals surface area contributed by atoms with E-state index in [0.29, 0.717) is 0 Å². The fourth-order valence-corrected chi connectivity index (χ4v) is 1.71. The first-order valence-corrected chi connectivity index (χ1v) is 7.84. The molecule has 0 aliphatic rings. The number of nitrogens with zero attached hydrogens (tertiary/aromatic N) is 2. The first-order chi connectivity index (χ1) is 8.54. The lowest BCUT2D eigenvalue weighted by Crippen LogP contribution is -2.14. The molecule has 0 heterocycles. The van der Waals surface area contributed by atoms with Crippen LogP contribution in [0.2, 0.25) is 0 Å². The molecular weight excluding hydrogens is 220 g/mol. The van der Waals surface area contributed by atoms with Gasteiger partial charge in [-0.3, -0.25) is 0 Å². The molecule has 0 N–H and O–H groups in total. The first kappa shape index (κ1) is 20.2. The maximum atomic E-state index is 2.26. The molecule has 0 aromatic rings. The third kappa shape index (κ3) is 24.9. The van der Waals surface area contributed by atoms with Crippen LogP contribution in [0.25, 0.3) is 0 Å². The van der Waals surface area contributed by atoms with Crippen molar-refractivity contribution in [2.24, 2.45) is 0 Å². The Morgan fingerprint density at radius 1 is 0.500 bits per heavy atom. The van der Waals surface area contributed by atoms with Crippen molar-refractivity contribution in [2.45, 2.75) is 65.2 Å². The zero-order valence-corrected chi connectivity index (χ0v) is 14.0. The minimum atomic E-state index is 1.24. The van der Waals surface area contributed by atoms with E-state index in [1.165, 1.54) is 64.5 Å². The lowest BCUT2D eigenvalue weighted by atomic mass is 10.2. The average Bonchev–Trinajstić information content (AvgIpc) is 2.31. The van der Waals surface area contributed by atoms with Crippen LogP contribution in [0.3, 0.4) is 0 Å². The predicted octanol–water partition coefficient (Wildman–Crippen LogP) is 4.26. The molecule has 18 heavy (non-hydrogen) atoms. The Morgan fingerprint density at radius 2 is 0.833 bits per heavy atom. The highest BCUT2D eigenvalue weighted by Crippen LogP contribution is 2.00. The van der Waals surface area contributed by atoms with Crippen LogP contribution in [-0.4, -0.2) is 51.1 Å². The van der Waals surface area contributed by atoms with E-state index in [0.717, 1.165) is 0 Å². The quantitative estimate of drug-likeness (QED) is 0.540. The second-order valence-corrected chi connectivity index (χ2v) is 5.73. The fraction of sp³-hybridized carbons (Fsp3) is 1.00. The minimum absolute atomic E-state index is 1.24. The maximum absolute atomic E-state index is 2.26. The summed E-state index contributed by atoms with van der Waals surface area (Å²) < 4.78 is 0. The molecule has 0 spiro atoms. The summed E-state index contributed by atoms with van der Waals surface area (Å²) in [5.74, 6) is 0. The SMILES string of the molecule is CCCCCC.CN(C)CCCCCCN(C)C. The third-order valence-corrected chi connectivity index (χ3v) is 2.92. The molecule has 0 unspecified atom stereocenters. The van der Waals surface area contributed by atoms with Gasteiger partial charge in [0.25, 0.3) is 0 Å². The molecule has 0 bridgehead atoms. The van der Waals surface area contributed by atoms with Crippen molar-refractivity contribution in [3.05, 3.63) is 0 Å². The second kappa shape index (κ2) is 16.9. The number of rotatable bonds is 10. The summed E-state index contributed by atoms with van der Waals surface area (Å²) in [5.41, 5.74) is 0. The van der Waals surface area contributed by atoms with Gasteiger partial charge in [0.15, 0.2) is 0 Å². The van der Waals surface area contributed by atoms with Crippen molar-refractivity contribution in [3.8, 4) is 0 Å². The zero-order chi connectivity index (χ0) is 14.2. The second-order valence-electron chi connectivity index (χ2n) is 5.73. The molecule has 0 fully saturated rings. The van der Waals surface area contributed by atoms with Crippen LogP contribution in [0, 0.1) is 0 Å². The standard InChI is InChI=1S/C10H24N2.C6H14/c1-11(2)9-7-5-6-8-10-12(3)4;1-3-5-6-4-2/h5-10H2,1-4H3;3-6H2,1-2H3. The van der Waals surface area contributed by atoms with Gasteiger partial charge in [-0.25, -0.2) is 0 Å². The van der Waals surface area contributed by atoms with Gasteiger partial charge in [-0.2, -0.15) is 0 Å². The largest absolute Gasteiger partial charge is 0.309 e. The summed E-state index contributed by atoms with van der Waals surface area (Å²) in [6.07, 6.45) is 11.0. The van der Waals surface area contributed by atoms with E-state index < -0.39 is 0 Å². The van der Waals surface area contributed by atoms with Gasteiger partial charge in [-0.1, -0.05) is 52.4 Å². The van der Waals surface area contributed by atoms with E-state index in [1.807, 2.05) is 0 Å². The Bertz CT molecular complexity index is 117. The summed E-state index contributed by atoms with van der Waals surface area (Å²) in [5, 5.41) is 0. The summed E-state index contributed by atoms with van der Waals surface area (Å²) in [6, 6.07) is 0. The highest BCUT2D eigenvalue weighted by atomic mass is 15.0. The van der Waals surface area contributed by atoms with E-state index in [1.54, 1.807) is 0 Å². The Balaban J connectivity index is 0. The van der Waals surface area contributed by atoms with Crippen molar-refractivity contribution < 1.29 is 0 Å². The molecule has 0 aliphatic carbocycles. The molecule has 0 saturated heterocycles. The molecule has 0 atom stereocenters. The van der Waals surface area contributed by atoms with Crippen LogP contribution < -0.4 is 0 Å². The molecular formula is C16H38N2. The Hall–Kier alpha value is -0.0800. The van der Waals surface area contributed by atoms with Crippen molar-refractivity contribution in [3.63, 3.8) is 0 Å². The van der Waals surface area contributed by atoms with Crippen LogP contribution in [0.5, 0.6) is 0 Å². The highest BCUT2D eigenvalue weighted by molar-refractivity contribution is 4.49. The van der Waals surface area contributed by atoms with E-state index in [4.69, 9.17) is 0 Å². The molecule has 112 valence electrons. The first-order valence-electron chi connectivity index (χ1n) is 7.84. The average molecular weight is 258 g/mol. The predicted molar refractivity (Wildman–Crippen MR) is 85.4 cm³/mol. The molecule has 0 radical (unpaired) electrons. The van der Waals surface area contributed by atoms with E-state index in [2.05, 4.69) is 51.8 Å². The number of unbranched alkanes of at least 4 members (excludes halogenated alkanes) is 6. The van der Waals surface area contributed by atoms with E-state index in [9.17, 15) is 0 Å². The van der Waals surface area contributed by atoms with Gasteiger partial charge in [0.1, 0.15) is 0 Å². The van der Waals surface area contributed by atoms with Crippen molar-refractivity contribution >= 4 is 0 Å². The van der Waals surface area contributed by atoms with Gasteiger partial charge in [0.05, 0.1) is 0 Å². The zero-order valence-electron chi connectivity index (χ0n) is 14.0. The molecule has 2 nitrogen and oxygen atoms in total. The normalized spacial score (nSPS) is 10.7. The van der Waals surface area contributed by atoms with Crippen molar-refractivity contribution in [1.29, 1.82) is 0 Å². The Labute approximate surface area is 117 Å². The van der Waals surface area contributed by atoms with Gasteiger partial charge >= 0.3 is 0 Å². The molecule has 0 aromatic heterocycles. The van der Waals surface area contributed by atoms with E-state index >= 15 is 0 Å². The van der Waals surface area contributed by atoms with Gasteiger partial charge in [0, 0.05) is 0 Å². The van der Waals surface area contributed by atoms with Crippen LogP contribution in [0.15, 0.2) is 0 Å². The Morgan fingerprint density at radius 3 is 1.06 bits per heavy atom. The van der Waals surface area contributed by atoms with Gasteiger partial charge < -0.3 is 9.80 Å².